The van der Waals surface area contributed by atoms with E-state index in [2.05, 4.69) is 31.7 Å². The van der Waals surface area contributed by atoms with Gasteiger partial charge in [-0.05, 0) is 26.3 Å². The first-order valence-electron chi connectivity index (χ1n) is 9.12. The van der Waals surface area contributed by atoms with E-state index < -0.39 is 5.54 Å². The first-order chi connectivity index (χ1) is 11.8. The normalized spacial score (nSPS) is 20.1. The number of aromatic nitrogens is 2. The third-order valence-electron chi connectivity index (χ3n) is 4.61. The van der Waals surface area contributed by atoms with Crippen molar-refractivity contribution in [3.8, 4) is 0 Å². The second kappa shape index (κ2) is 7.87. The summed E-state index contributed by atoms with van der Waals surface area (Å²) in [5.74, 6) is 1.59. The standard InChI is InChI=1S/C19H32N6/c1-6-9-14-12-17(25(7-2)8-3)23-18(22-14)19(21)11-10-16(24(4)5)15(20)13-19/h10-12H,6-9,13,20-21H2,1-5H3. The maximum absolute atomic E-state index is 6.69. The van der Waals surface area contributed by atoms with Gasteiger partial charge in [-0.15, -0.1) is 0 Å². The molecule has 0 saturated carbocycles. The Labute approximate surface area is 151 Å². The van der Waals surface area contributed by atoms with Crippen molar-refractivity contribution in [3.63, 3.8) is 0 Å². The van der Waals surface area contributed by atoms with Crippen LogP contribution in [-0.4, -0.2) is 42.1 Å². The molecule has 2 rings (SSSR count). The van der Waals surface area contributed by atoms with E-state index in [1.54, 1.807) is 0 Å². The molecule has 0 aromatic carbocycles. The van der Waals surface area contributed by atoms with E-state index in [4.69, 9.17) is 21.4 Å². The molecule has 1 aromatic heterocycles. The molecule has 0 bridgehead atoms. The molecule has 138 valence electrons. The molecule has 6 nitrogen and oxygen atoms in total. The third-order valence-corrected chi connectivity index (χ3v) is 4.61. The predicted molar refractivity (Wildman–Crippen MR) is 104 cm³/mol. The van der Waals surface area contributed by atoms with Crippen LogP contribution in [0.2, 0.25) is 0 Å². The SMILES string of the molecule is CCCc1cc(N(CC)CC)nc(C2(N)C=CC(N(C)C)=C(N)C2)n1. The van der Waals surface area contributed by atoms with Crippen LogP contribution < -0.4 is 16.4 Å². The Morgan fingerprint density at radius 1 is 1.16 bits per heavy atom. The number of hydrogen-bond acceptors (Lipinski definition) is 6. The quantitative estimate of drug-likeness (QED) is 0.788. The highest BCUT2D eigenvalue weighted by atomic mass is 15.2. The van der Waals surface area contributed by atoms with Crippen LogP contribution >= 0.6 is 0 Å². The van der Waals surface area contributed by atoms with Crippen LogP contribution in [-0.2, 0) is 12.0 Å². The molecule has 0 amide bonds. The summed E-state index contributed by atoms with van der Waals surface area (Å²) in [7, 11) is 3.96. The zero-order chi connectivity index (χ0) is 18.6. The van der Waals surface area contributed by atoms with E-state index in [1.807, 2.05) is 31.1 Å². The average molecular weight is 345 g/mol. The fourth-order valence-electron chi connectivity index (χ4n) is 3.17. The molecule has 6 heteroatoms. The van der Waals surface area contributed by atoms with Crippen molar-refractivity contribution in [3.05, 3.63) is 41.1 Å². The molecule has 1 atom stereocenters. The summed E-state index contributed by atoms with van der Waals surface area (Å²) in [6.07, 6.45) is 6.43. The molecule has 25 heavy (non-hydrogen) atoms. The van der Waals surface area contributed by atoms with Crippen LogP contribution in [0.25, 0.3) is 0 Å². The maximum Gasteiger partial charge on any atom is 0.155 e. The van der Waals surface area contributed by atoms with Gasteiger partial charge in [0, 0.05) is 51.1 Å². The molecule has 1 heterocycles. The van der Waals surface area contributed by atoms with Gasteiger partial charge in [0.05, 0.1) is 5.70 Å². The van der Waals surface area contributed by atoms with E-state index in [-0.39, 0.29) is 0 Å². The number of nitrogens with two attached hydrogens (primary N) is 2. The van der Waals surface area contributed by atoms with Gasteiger partial charge in [0.1, 0.15) is 11.4 Å². The minimum Gasteiger partial charge on any atom is -0.400 e. The molecule has 1 aromatic rings. The molecule has 0 saturated heterocycles. The van der Waals surface area contributed by atoms with E-state index in [9.17, 15) is 0 Å². The van der Waals surface area contributed by atoms with Crippen LogP contribution in [0.5, 0.6) is 0 Å². The molecule has 0 fully saturated rings. The number of rotatable bonds is 7. The summed E-state index contributed by atoms with van der Waals surface area (Å²) in [6.45, 7) is 8.22. The van der Waals surface area contributed by atoms with Crippen molar-refractivity contribution in [2.75, 3.05) is 32.1 Å². The van der Waals surface area contributed by atoms with Crippen LogP contribution in [0.15, 0.2) is 29.6 Å². The first kappa shape index (κ1) is 19.2. The van der Waals surface area contributed by atoms with Gasteiger partial charge in [-0.1, -0.05) is 19.4 Å². The molecule has 0 radical (unpaired) electrons. The Hall–Kier alpha value is -2.08. The van der Waals surface area contributed by atoms with Crippen LogP contribution in [0.3, 0.4) is 0 Å². The van der Waals surface area contributed by atoms with Gasteiger partial charge < -0.3 is 21.3 Å². The second-order valence-electron chi connectivity index (χ2n) is 6.82. The lowest BCUT2D eigenvalue weighted by Gasteiger charge is -2.32. The fourth-order valence-corrected chi connectivity index (χ4v) is 3.17. The summed E-state index contributed by atoms with van der Waals surface area (Å²) in [6, 6.07) is 2.08. The van der Waals surface area contributed by atoms with Gasteiger partial charge in [0.25, 0.3) is 0 Å². The number of nitrogens with zero attached hydrogens (tertiary/aromatic N) is 4. The van der Waals surface area contributed by atoms with E-state index in [1.165, 1.54) is 0 Å². The van der Waals surface area contributed by atoms with Crippen LogP contribution in [0.4, 0.5) is 5.82 Å². The summed E-state index contributed by atoms with van der Waals surface area (Å²) >= 11 is 0. The van der Waals surface area contributed by atoms with Crippen LogP contribution in [0.1, 0.15) is 45.1 Å². The molecule has 0 aliphatic heterocycles. The second-order valence-corrected chi connectivity index (χ2v) is 6.82. The molecular weight excluding hydrogens is 312 g/mol. The summed E-state index contributed by atoms with van der Waals surface area (Å²) in [4.78, 5) is 13.8. The fraction of sp³-hybridized carbons (Fsp3) is 0.579. The van der Waals surface area contributed by atoms with E-state index >= 15 is 0 Å². The molecular formula is C19H32N6. The third kappa shape index (κ3) is 4.12. The first-order valence-corrected chi connectivity index (χ1v) is 9.12. The highest BCUT2D eigenvalue weighted by Gasteiger charge is 2.33. The Morgan fingerprint density at radius 3 is 2.36 bits per heavy atom. The van der Waals surface area contributed by atoms with Gasteiger partial charge >= 0.3 is 0 Å². The van der Waals surface area contributed by atoms with Gasteiger partial charge in [0.15, 0.2) is 5.82 Å². The molecule has 4 N–H and O–H groups in total. The summed E-state index contributed by atoms with van der Waals surface area (Å²) in [5.41, 5.74) is 15.0. The van der Waals surface area contributed by atoms with Crippen molar-refractivity contribution in [1.82, 2.24) is 14.9 Å². The van der Waals surface area contributed by atoms with Gasteiger partial charge in [0.2, 0.25) is 0 Å². The Balaban J connectivity index is 2.46. The molecule has 1 aliphatic rings. The Bertz CT molecular complexity index is 660. The number of aryl methyl sites for hydroxylation is 1. The Morgan fingerprint density at radius 2 is 1.84 bits per heavy atom. The lowest BCUT2D eigenvalue weighted by atomic mass is 9.88. The molecule has 0 spiro atoms. The zero-order valence-corrected chi connectivity index (χ0v) is 16.2. The predicted octanol–water partition coefficient (Wildman–Crippen LogP) is 2.12. The molecule has 1 aliphatic carbocycles. The number of anilines is 1. The van der Waals surface area contributed by atoms with Crippen molar-refractivity contribution in [2.45, 2.75) is 45.6 Å². The minimum absolute atomic E-state index is 0.518. The smallest absolute Gasteiger partial charge is 0.155 e. The highest BCUT2D eigenvalue weighted by molar-refractivity contribution is 5.43. The van der Waals surface area contributed by atoms with Crippen molar-refractivity contribution < 1.29 is 0 Å². The van der Waals surface area contributed by atoms with Gasteiger partial charge in [-0.3, -0.25) is 0 Å². The number of likely N-dealkylation sites (N-methyl/N-ethyl adjacent to an activating group) is 1. The van der Waals surface area contributed by atoms with Gasteiger partial charge in [-0.25, -0.2) is 9.97 Å². The van der Waals surface area contributed by atoms with Crippen molar-refractivity contribution >= 4 is 5.82 Å². The number of allylic oxidation sites excluding steroid dienone is 1. The lowest BCUT2D eigenvalue weighted by molar-refractivity contribution is 0.461. The lowest BCUT2D eigenvalue weighted by Crippen LogP contribution is -2.41. The summed E-state index contributed by atoms with van der Waals surface area (Å²) < 4.78 is 0. The number of hydrogen-bond donors (Lipinski definition) is 2. The average Bonchev–Trinajstić information content (AvgIpc) is 2.56. The van der Waals surface area contributed by atoms with Crippen molar-refractivity contribution in [1.29, 1.82) is 0 Å². The van der Waals surface area contributed by atoms with E-state index in [0.717, 1.165) is 48.8 Å². The molecule has 1 unspecified atom stereocenters. The topological polar surface area (TPSA) is 84.3 Å². The highest BCUT2D eigenvalue weighted by Crippen LogP contribution is 2.31. The maximum atomic E-state index is 6.69. The van der Waals surface area contributed by atoms with Crippen LogP contribution in [0, 0.1) is 0 Å². The van der Waals surface area contributed by atoms with Gasteiger partial charge in [-0.2, -0.15) is 0 Å². The van der Waals surface area contributed by atoms with E-state index in [0.29, 0.717) is 12.2 Å². The Kier molecular flexibility index (Phi) is 6.06. The largest absolute Gasteiger partial charge is 0.400 e. The monoisotopic (exact) mass is 344 g/mol. The minimum atomic E-state index is -0.769. The summed E-state index contributed by atoms with van der Waals surface area (Å²) in [5, 5.41) is 0. The van der Waals surface area contributed by atoms with Crippen molar-refractivity contribution in [2.24, 2.45) is 11.5 Å². The zero-order valence-electron chi connectivity index (χ0n) is 16.2.